The van der Waals surface area contributed by atoms with Crippen molar-refractivity contribution in [3.8, 4) is 34.0 Å². The van der Waals surface area contributed by atoms with Gasteiger partial charge in [-0.3, -0.25) is 0 Å². The first kappa shape index (κ1) is 17.9. The second-order valence-electron chi connectivity index (χ2n) is 7.71. The summed E-state index contributed by atoms with van der Waals surface area (Å²) in [5.74, 6) is 1.79. The van der Waals surface area contributed by atoms with Crippen LogP contribution < -0.4 is 4.74 Å². The fourth-order valence-corrected chi connectivity index (χ4v) is 4.11. The van der Waals surface area contributed by atoms with E-state index >= 15 is 0 Å². The smallest absolute Gasteiger partial charge is 0.223 e. The Morgan fingerprint density at radius 2 is 1.34 bits per heavy atom. The molecule has 0 fully saturated rings. The Labute approximate surface area is 175 Å². The Kier molecular flexibility index (Phi) is 4.14. The predicted octanol–water partition coefficient (Wildman–Crippen LogP) is 6.90. The van der Waals surface area contributed by atoms with Crippen molar-refractivity contribution in [3.63, 3.8) is 0 Å². The van der Waals surface area contributed by atoms with Gasteiger partial charge in [-0.2, -0.15) is 0 Å². The van der Waals surface area contributed by atoms with Gasteiger partial charge >= 0.3 is 0 Å². The van der Waals surface area contributed by atoms with Crippen molar-refractivity contribution in [1.29, 1.82) is 0 Å². The van der Waals surface area contributed by atoms with Crippen molar-refractivity contribution in [3.05, 3.63) is 95.3 Å². The number of rotatable bonds is 2. The van der Waals surface area contributed by atoms with E-state index in [1.54, 1.807) is 0 Å². The molecule has 5 rings (SSSR count). The van der Waals surface area contributed by atoms with Crippen LogP contribution in [0.3, 0.4) is 0 Å². The van der Waals surface area contributed by atoms with Crippen LogP contribution in [0.1, 0.15) is 25.0 Å². The molecule has 0 unspecified atom stereocenters. The number of para-hydroxylation sites is 1. The van der Waals surface area contributed by atoms with E-state index in [1.807, 2.05) is 60.7 Å². The van der Waals surface area contributed by atoms with Gasteiger partial charge in [0, 0.05) is 27.7 Å². The van der Waals surface area contributed by atoms with Gasteiger partial charge < -0.3 is 4.74 Å². The lowest BCUT2D eigenvalue weighted by molar-refractivity contribution is 0.418. The largest absolute Gasteiger partial charge is 0.457 e. The number of benzene rings is 3. The summed E-state index contributed by atoms with van der Waals surface area (Å²) in [5.41, 5.74) is 5.72. The molecule has 2 heterocycles. The summed E-state index contributed by atoms with van der Waals surface area (Å²) in [6.07, 6.45) is 0. The Morgan fingerprint density at radius 1 is 0.690 bits per heavy atom. The Balaban J connectivity index is 1.63. The third-order valence-electron chi connectivity index (χ3n) is 5.50. The van der Waals surface area contributed by atoms with E-state index in [1.165, 1.54) is 5.56 Å². The molecule has 1 aliphatic heterocycles. The molecule has 4 aromatic rings. The van der Waals surface area contributed by atoms with Crippen molar-refractivity contribution in [2.45, 2.75) is 19.3 Å². The van der Waals surface area contributed by atoms with Crippen LogP contribution in [0, 0.1) is 0 Å². The summed E-state index contributed by atoms with van der Waals surface area (Å²) in [7, 11) is 0. The van der Waals surface area contributed by atoms with Gasteiger partial charge in [0.1, 0.15) is 11.5 Å². The number of nitrogens with zero attached hydrogens (tertiary/aromatic N) is 2. The third-order valence-corrected chi connectivity index (χ3v) is 5.67. The maximum absolute atomic E-state index is 6.27. The zero-order valence-corrected chi connectivity index (χ0v) is 16.9. The van der Waals surface area contributed by atoms with E-state index in [4.69, 9.17) is 16.3 Å². The van der Waals surface area contributed by atoms with Crippen LogP contribution >= 0.6 is 11.6 Å². The molecule has 3 aromatic carbocycles. The number of hydrogen-bond acceptors (Lipinski definition) is 3. The summed E-state index contributed by atoms with van der Waals surface area (Å²) in [4.78, 5) is 8.89. The molecule has 0 saturated carbocycles. The topological polar surface area (TPSA) is 35.0 Å². The molecule has 0 amide bonds. The van der Waals surface area contributed by atoms with Crippen molar-refractivity contribution in [2.24, 2.45) is 0 Å². The summed E-state index contributed by atoms with van der Waals surface area (Å²) in [5, 5.41) is 0.236. The summed E-state index contributed by atoms with van der Waals surface area (Å²) >= 11 is 6.27. The highest BCUT2D eigenvalue weighted by Crippen LogP contribution is 2.48. The lowest BCUT2D eigenvalue weighted by Crippen LogP contribution is -2.24. The summed E-state index contributed by atoms with van der Waals surface area (Å²) < 4.78 is 6.16. The molecule has 0 radical (unpaired) electrons. The quantitative estimate of drug-likeness (QED) is 0.344. The zero-order valence-electron chi connectivity index (χ0n) is 16.2. The summed E-state index contributed by atoms with van der Waals surface area (Å²) in [6, 6.07) is 26.4. The Hall–Kier alpha value is -3.17. The molecule has 0 N–H and O–H groups in total. The SMILES string of the molecule is CC1(C)c2ccccc2Oc2ccc(-c3cc(-c4ccccc4)nc(Cl)n3)cc21. The highest BCUT2D eigenvalue weighted by Gasteiger charge is 2.34. The lowest BCUT2D eigenvalue weighted by atomic mass is 9.75. The Bertz CT molecular complexity index is 1220. The highest BCUT2D eigenvalue weighted by molar-refractivity contribution is 6.28. The highest BCUT2D eigenvalue weighted by atomic mass is 35.5. The monoisotopic (exact) mass is 398 g/mol. The first-order valence-corrected chi connectivity index (χ1v) is 9.92. The standard InChI is InChI=1S/C25H19ClN2O/c1-25(2)18-10-6-7-11-22(18)29-23-13-12-17(14-19(23)25)21-15-20(27-24(26)28-21)16-8-4-3-5-9-16/h3-15H,1-2H3. The molecule has 0 saturated heterocycles. The molecule has 0 bridgehead atoms. The number of aromatic nitrogens is 2. The minimum absolute atomic E-state index is 0.181. The van der Waals surface area contributed by atoms with Gasteiger partial charge in [0.2, 0.25) is 5.28 Å². The van der Waals surface area contributed by atoms with Gasteiger partial charge in [-0.1, -0.05) is 62.4 Å². The molecule has 29 heavy (non-hydrogen) atoms. The van der Waals surface area contributed by atoms with Gasteiger partial charge in [-0.15, -0.1) is 0 Å². The molecular weight excluding hydrogens is 380 g/mol. The number of hydrogen-bond donors (Lipinski definition) is 0. The molecule has 0 atom stereocenters. The van der Waals surface area contributed by atoms with Crippen molar-refractivity contribution in [2.75, 3.05) is 0 Å². The normalized spacial score (nSPS) is 13.9. The van der Waals surface area contributed by atoms with E-state index < -0.39 is 0 Å². The van der Waals surface area contributed by atoms with Crippen molar-refractivity contribution in [1.82, 2.24) is 9.97 Å². The summed E-state index contributed by atoms with van der Waals surface area (Å²) in [6.45, 7) is 4.44. The first-order chi connectivity index (χ1) is 14.0. The predicted molar refractivity (Wildman–Crippen MR) is 117 cm³/mol. The van der Waals surface area contributed by atoms with Crippen molar-refractivity contribution >= 4 is 11.6 Å². The second kappa shape index (κ2) is 6.71. The maximum atomic E-state index is 6.27. The van der Waals surface area contributed by atoms with E-state index in [9.17, 15) is 0 Å². The molecule has 4 heteroatoms. The number of fused-ring (bicyclic) bond motifs is 2. The zero-order chi connectivity index (χ0) is 20.0. The molecular formula is C25H19ClN2O. The van der Waals surface area contributed by atoms with Gasteiger partial charge in [-0.25, -0.2) is 9.97 Å². The van der Waals surface area contributed by atoms with E-state index in [0.717, 1.165) is 39.6 Å². The van der Waals surface area contributed by atoms with Gasteiger partial charge in [-0.05, 0) is 41.9 Å². The first-order valence-electron chi connectivity index (χ1n) is 9.55. The Morgan fingerprint density at radius 3 is 2.14 bits per heavy atom. The van der Waals surface area contributed by atoms with Crippen molar-refractivity contribution < 1.29 is 4.74 Å². The van der Waals surface area contributed by atoms with Gasteiger partial charge in [0.15, 0.2) is 0 Å². The number of halogens is 1. The van der Waals surface area contributed by atoms with E-state index in [-0.39, 0.29) is 10.7 Å². The second-order valence-corrected chi connectivity index (χ2v) is 8.05. The average molecular weight is 399 g/mol. The number of ether oxygens (including phenoxy) is 1. The van der Waals surface area contributed by atoms with Gasteiger partial charge in [0.25, 0.3) is 0 Å². The van der Waals surface area contributed by atoms with Crippen LogP contribution in [-0.2, 0) is 5.41 Å². The molecule has 1 aliphatic rings. The third kappa shape index (κ3) is 3.08. The minimum atomic E-state index is -0.181. The van der Waals surface area contributed by atoms with Crippen LogP contribution in [0.2, 0.25) is 5.28 Å². The van der Waals surface area contributed by atoms with Crippen LogP contribution in [0.25, 0.3) is 22.5 Å². The lowest BCUT2D eigenvalue weighted by Gasteiger charge is -2.34. The van der Waals surface area contributed by atoms with Crippen LogP contribution in [0.5, 0.6) is 11.5 Å². The van der Waals surface area contributed by atoms with Crippen LogP contribution in [-0.4, -0.2) is 9.97 Å². The minimum Gasteiger partial charge on any atom is -0.457 e. The molecule has 3 nitrogen and oxygen atoms in total. The van der Waals surface area contributed by atoms with E-state index in [0.29, 0.717) is 0 Å². The van der Waals surface area contributed by atoms with Gasteiger partial charge in [0.05, 0.1) is 11.4 Å². The van der Waals surface area contributed by atoms with Crippen LogP contribution in [0.15, 0.2) is 78.9 Å². The van der Waals surface area contributed by atoms with E-state index in [2.05, 4.69) is 42.0 Å². The molecule has 0 spiro atoms. The van der Waals surface area contributed by atoms with Crippen LogP contribution in [0.4, 0.5) is 0 Å². The fourth-order valence-electron chi connectivity index (χ4n) is 3.92. The maximum Gasteiger partial charge on any atom is 0.223 e. The molecule has 142 valence electrons. The molecule has 1 aromatic heterocycles. The molecule has 0 aliphatic carbocycles. The fraction of sp³-hybridized carbons (Fsp3) is 0.120. The average Bonchev–Trinajstić information content (AvgIpc) is 2.74.